The highest BCUT2D eigenvalue weighted by atomic mass is 35.5. The topological polar surface area (TPSA) is 111 Å². The van der Waals surface area contributed by atoms with Crippen molar-refractivity contribution in [2.75, 3.05) is 5.32 Å². The number of rotatable bonds is 4. The Bertz CT molecular complexity index is 957. The third kappa shape index (κ3) is 3.11. The molecule has 7 nitrogen and oxygen atoms in total. The molecule has 3 N–H and O–H groups in total. The molecule has 0 saturated heterocycles. The number of hydrogen-bond acceptors (Lipinski definition) is 5. The van der Waals surface area contributed by atoms with E-state index in [0.29, 0.717) is 27.8 Å². The standard InChI is InChI=1S/C16H11ClN4O3/c17-15-8-14(19-10-2-4-11(5-3-10)21(23)24)12-7-9(16(18)22)1-6-13(12)20-15/h1-8H,(H2,18,22)(H,19,20). The molecule has 0 aliphatic heterocycles. The van der Waals surface area contributed by atoms with Crippen molar-refractivity contribution in [3.05, 3.63) is 69.4 Å². The summed E-state index contributed by atoms with van der Waals surface area (Å²) in [4.78, 5) is 25.8. The summed E-state index contributed by atoms with van der Waals surface area (Å²) < 4.78 is 0. The van der Waals surface area contributed by atoms with Crippen LogP contribution in [0.4, 0.5) is 17.1 Å². The number of non-ortho nitro benzene ring substituents is 1. The number of amides is 1. The molecule has 24 heavy (non-hydrogen) atoms. The Morgan fingerprint density at radius 1 is 1.17 bits per heavy atom. The highest BCUT2D eigenvalue weighted by molar-refractivity contribution is 6.30. The average Bonchev–Trinajstić information content (AvgIpc) is 2.54. The lowest BCUT2D eigenvalue weighted by Crippen LogP contribution is -2.10. The number of nitrogens with zero attached hydrogens (tertiary/aromatic N) is 2. The first kappa shape index (κ1) is 15.7. The average molecular weight is 343 g/mol. The van der Waals surface area contributed by atoms with Crippen molar-refractivity contribution < 1.29 is 9.72 Å². The number of nitrogens with two attached hydrogens (primary N) is 1. The monoisotopic (exact) mass is 342 g/mol. The van der Waals surface area contributed by atoms with Crippen molar-refractivity contribution in [2.45, 2.75) is 0 Å². The van der Waals surface area contributed by atoms with Gasteiger partial charge >= 0.3 is 0 Å². The van der Waals surface area contributed by atoms with Crippen LogP contribution < -0.4 is 11.1 Å². The van der Waals surface area contributed by atoms with Crippen molar-refractivity contribution in [2.24, 2.45) is 5.73 Å². The molecule has 120 valence electrons. The van der Waals surface area contributed by atoms with E-state index < -0.39 is 10.8 Å². The number of nitrogens with one attached hydrogen (secondary N) is 1. The van der Waals surface area contributed by atoms with Gasteiger partial charge in [0.2, 0.25) is 5.91 Å². The molecule has 0 unspecified atom stereocenters. The Hall–Kier alpha value is -3.19. The van der Waals surface area contributed by atoms with Crippen LogP contribution in [0.1, 0.15) is 10.4 Å². The second-order valence-electron chi connectivity index (χ2n) is 5.02. The van der Waals surface area contributed by atoms with E-state index in [4.69, 9.17) is 17.3 Å². The molecule has 0 aliphatic rings. The molecule has 0 fully saturated rings. The van der Waals surface area contributed by atoms with Gasteiger partial charge in [-0.25, -0.2) is 4.98 Å². The molecule has 3 aromatic rings. The number of hydrogen-bond donors (Lipinski definition) is 2. The minimum atomic E-state index is -0.548. The number of carbonyl (C=O) groups excluding carboxylic acids is 1. The van der Waals surface area contributed by atoms with E-state index in [1.54, 1.807) is 36.4 Å². The van der Waals surface area contributed by atoms with E-state index in [-0.39, 0.29) is 10.8 Å². The van der Waals surface area contributed by atoms with Gasteiger partial charge in [-0.3, -0.25) is 14.9 Å². The number of aromatic nitrogens is 1. The summed E-state index contributed by atoms with van der Waals surface area (Å²) in [6.07, 6.45) is 0. The molecule has 1 amide bonds. The molecule has 0 saturated carbocycles. The van der Waals surface area contributed by atoms with E-state index in [2.05, 4.69) is 10.3 Å². The number of halogens is 1. The predicted octanol–water partition coefficient (Wildman–Crippen LogP) is 3.64. The zero-order chi connectivity index (χ0) is 17.3. The summed E-state index contributed by atoms with van der Waals surface area (Å²) in [7, 11) is 0. The Morgan fingerprint density at radius 3 is 2.50 bits per heavy atom. The van der Waals surface area contributed by atoms with Gasteiger partial charge in [-0.1, -0.05) is 11.6 Å². The van der Waals surface area contributed by atoms with Gasteiger partial charge in [0.25, 0.3) is 5.69 Å². The first-order valence-electron chi connectivity index (χ1n) is 6.85. The Morgan fingerprint density at radius 2 is 1.88 bits per heavy atom. The zero-order valence-corrected chi connectivity index (χ0v) is 12.9. The van der Waals surface area contributed by atoms with Crippen LogP contribution >= 0.6 is 11.6 Å². The van der Waals surface area contributed by atoms with Crippen LogP contribution in [0.5, 0.6) is 0 Å². The highest BCUT2D eigenvalue weighted by Crippen LogP contribution is 2.29. The summed E-state index contributed by atoms with van der Waals surface area (Å²) in [5.74, 6) is -0.548. The molecule has 1 heterocycles. The van der Waals surface area contributed by atoms with Crippen LogP contribution in [0.3, 0.4) is 0 Å². The molecule has 1 aromatic heterocycles. The maximum Gasteiger partial charge on any atom is 0.269 e. The number of fused-ring (bicyclic) bond motifs is 1. The normalized spacial score (nSPS) is 10.5. The van der Waals surface area contributed by atoms with Crippen LogP contribution in [0.15, 0.2) is 48.5 Å². The lowest BCUT2D eigenvalue weighted by atomic mass is 10.1. The lowest BCUT2D eigenvalue weighted by Gasteiger charge is -2.11. The van der Waals surface area contributed by atoms with Crippen molar-refractivity contribution in [3.8, 4) is 0 Å². The highest BCUT2D eigenvalue weighted by Gasteiger charge is 2.10. The Labute approximate surface area is 141 Å². The van der Waals surface area contributed by atoms with E-state index >= 15 is 0 Å². The van der Waals surface area contributed by atoms with Gasteiger partial charge in [0.15, 0.2) is 0 Å². The minimum Gasteiger partial charge on any atom is -0.366 e. The Balaban J connectivity index is 2.05. The fraction of sp³-hybridized carbons (Fsp3) is 0. The van der Waals surface area contributed by atoms with Gasteiger partial charge in [0, 0.05) is 28.8 Å². The minimum absolute atomic E-state index is 0.00539. The first-order valence-corrected chi connectivity index (χ1v) is 7.23. The van der Waals surface area contributed by atoms with Crippen molar-refractivity contribution in [1.82, 2.24) is 4.98 Å². The third-order valence-corrected chi connectivity index (χ3v) is 3.61. The van der Waals surface area contributed by atoms with Gasteiger partial charge in [-0.2, -0.15) is 0 Å². The van der Waals surface area contributed by atoms with Gasteiger partial charge in [0.1, 0.15) is 5.15 Å². The maximum absolute atomic E-state index is 11.4. The summed E-state index contributed by atoms with van der Waals surface area (Å²) in [5.41, 5.74) is 7.49. The van der Waals surface area contributed by atoms with Crippen LogP contribution in [-0.2, 0) is 0 Å². The first-order chi connectivity index (χ1) is 11.4. The second-order valence-corrected chi connectivity index (χ2v) is 5.40. The quantitative estimate of drug-likeness (QED) is 0.427. The number of carbonyl (C=O) groups is 1. The number of benzene rings is 2. The summed E-state index contributed by atoms with van der Waals surface area (Å²) in [5, 5.41) is 14.8. The van der Waals surface area contributed by atoms with Crippen molar-refractivity contribution in [3.63, 3.8) is 0 Å². The molecule has 2 aromatic carbocycles. The number of primary amides is 1. The molecule has 8 heteroatoms. The summed E-state index contributed by atoms with van der Waals surface area (Å²) in [6, 6.07) is 12.4. The van der Waals surface area contributed by atoms with Crippen molar-refractivity contribution >= 4 is 45.5 Å². The largest absolute Gasteiger partial charge is 0.366 e. The van der Waals surface area contributed by atoms with Crippen LogP contribution in [-0.4, -0.2) is 15.8 Å². The van der Waals surface area contributed by atoms with E-state index in [1.807, 2.05) is 0 Å². The van der Waals surface area contributed by atoms with E-state index in [0.717, 1.165) is 0 Å². The smallest absolute Gasteiger partial charge is 0.269 e. The number of nitro groups is 1. The Kier molecular flexibility index (Phi) is 4.01. The lowest BCUT2D eigenvalue weighted by molar-refractivity contribution is -0.384. The molecule has 0 atom stereocenters. The maximum atomic E-state index is 11.4. The third-order valence-electron chi connectivity index (χ3n) is 3.42. The van der Waals surface area contributed by atoms with Gasteiger partial charge in [-0.15, -0.1) is 0 Å². The number of pyridine rings is 1. The SMILES string of the molecule is NC(=O)c1ccc2nc(Cl)cc(Nc3ccc([N+](=O)[O-])cc3)c2c1. The zero-order valence-electron chi connectivity index (χ0n) is 12.2. The van der Waals surface area contributed by atoms with Crippen LogP contribution in [0.25, 0.3) is 10.9 Å². The van der Waals surface area contributed by atoms with E-state index in [1.165, 1.54) is 12.1 Å². The fourth-order valence-electron chi connectivity index (χ4n) is 2.27. The van der Waals surface area contributed by atoms with Gasteiger partial charge in [0.05, 0.1) is 16.1 Å². The van der Waals surface area contributed by atoms with Crippen molar-refractivity contribution in [1.29, 1.82) is 0 Å². The molecule has 0 spiro atoms. The molecule has 0 aliphatic carbocycles. The fourth-order valence-corrected chi connectivity index (χ4v) is 2.47. The molecular formula is C16H11ClN4O3. The molecule has 0 bridgehead atoms. The summed E-state index contributed by atoms with van der Waals surface area (Å²) >= 11 is 6.03. The molecule has 0 radical (unpaired) electrons. The molecular weight excluding hydrogens is 332 g/mol. The van der Waals surface area contributed by atoms with E-state index in [9.17, 15) is 14.9 Å². The second kappa shape index (κ2) is 6.13. The summed E-state index contributed by atoms with van der Waals surface area (Å²) in [6.45, 7) is 0. The van der Waals surface area contributed by atoms with Gasteiger partial charge in [-0.05, 0) is 36.4 Å². The number of nitro benzene ring substituents is 1. The predicted molar refractivity (Wildman–Crippen MR) is 91.7 cm³/mol. The molecule has 3 rings (SSSR count). The number of anilines is 2. The van der Waals surface area contributed by atoms with Gasteiger partial charge < -0.3 is 11.1 Å². The van der Waals surface area contributed by atoms with Crippen LogP contribution in [0.2, 0.25) is 5.15 Å². The van der Waals surface area contributed by atoms with Crippen LogP contribution in [0, 0.1) is 10.1 Å².